The molecule has 3 aromatic rings. The Balaban J connectivity index is 1.54. The van der Waals surface area contributed by atoms with E-state index < -0.39 is 23.6 Å². The van der Waals surface area contributed by atoms with Crippen molar-refractivity contribution in [2.24, 2.45) is 5.73 Å². The average molecular weight is 528 g/mol. The van der Waals surface area contributed by atoms with Crippen molar-refractivity contribution in [2.75, 3.05) is 11.9 Å². The van der Waals surface area contributed by atoms with E-state index in [2.05, 4.69) is 10.2 Å². The maximum absolute atomic E-state index is 12.8. The second-order valence-corrected chi connectivity index (χ2v) is 9.75. The van der Waals surface area contributed by atoms with Gasteiger partial charge in [0.1, 0.15) is 5.00 Å². The number of hydrogen-bond donors (Lipinski definition) is 2. The molecule has 1 aromatic heterocycles. The Morgan fingerprint density at radius 2 is 1.82 bits per heavy atom. The van der Waals surface area contributed by atoms with Crippen LogP contribution in [0.15, 0.2) is 42.5 Å². The molecule has 1 aliphatic rings. The number of benzene rings is 2. The van der Waals surface area contributed by atoms with Crippen LogP contribution >= 0.6 is 34.5 Å². The molecule has 0 aliphatic carbocycles. The van der Waals surface area contributed by atoms with Crippen LogP contribution in [0.4, 0.5) is 18.2 Å². The van der Waals surface area contributed by atoms with Crippen LogP contribution in [0.3, 0.4) is 0 Å². The zero-order valence-corrected chi connectivity index (χ0v) is 19.8. The van der Waals surface area contributed by atoms with Crippen molar-refractivity contribution < 1.29 is 22.8 Å². The first-order valence-electron chi connectivity index (χ1n) is 10.1. The van der Waals surface area contributed by atoms with Gasteiger partial charge in [-0.15, -0.1) is 11.3 Å². The summed E-state index contributed by atoms with van der Waals surface area (Å²) in [6, 6.07) is 9.16. The molecule has 11 heteroatoms. The Labute approximate surface area is 207 Å². The minimum Gasteiger partial charge on any atom is -0.365 e. The second kappa shape index (κ2) is 9.58. The van der Waals surface area contributed by atoms with E-state index >= 15 is 0 Å². The maximum Gasteiger partial charge on any atom is 0.416 e. The van der Waals surface area contributed by atoms with E-state index in [1.54, 1.807) is 12.1 Å². The number of thiophene rings is 1. The van der Waals surface area contributed by atoms with Crippen LogP contribution in [0.5, 0.6) is 0 Å². The molecule has 0 bridgehead atoms. The van der Waals surface area contributed by atoms with Crippen molar-refractivity contribution in [3.05, 3.63) is 85.2 Å². The van der Waals surface area contributed by atoms with Gasteiger partial charge in [-0.2, -0.15) is 13.2 Å². The molecule has 4 rings (SSSR count). The number of rotatable bonds is 5. The lowest BCUT2D eigenvalue weighted by Crippen LogP contribution is -2.30. The molecular weight excluding hydrogens is 510 g/mol. The van der Waals surface area contributed by atoms with Crippen molar-refractivity contribution in [1.82, 2.24) is 4.90 Å². The van der Waals surface area contributed by atoms with Crippen LogP contribution in [0.2, 0.25) is 10.0 Å². The molecule has 0 saturated carbocycles. The van der Waals surface area contributed by atoms with Crippen LogP contribution in [0, 0.1) is 0 Å². The first-order chi connectivity index (χ1) is 16.0. The Bertz CT molecular complexity index is 1260. The maximum atomic E-state index is 12.8. The minimum atomic E-state index is -4.50. The van der Waals surface area contributed by atoms with Crippen molar-refractivity contribution in [3.8, 4) is 0 Å². The molecule has 0 atom stereocenters. The van der Waals surface area contributed by atoms with Gasteiger partial charge in [-0.1, -0.05) is 29.3 Å². The van der Waals surface area contributed by atoms with Crippen LogP contribution in [-0.4, -0.2) is 23.3 Å². The van der Waals surface area contributed by atoms with Crippen molar-refractivity contribution >= 4 is 51.4 Å². The quantitative estimate of drug-likeness (QED) is 0.428. The molecule has 3 N–H and O–H groups in total. The lowest BCUT2D eigenvalue weighted by atomic mass is 10.0. The number of halogens is 5. The number of carbonyl (C=O) groups excluding carboxylic acids is 2. The zero-order valence-electron chi connectivity index (χ0n) is 17.5. The summed E-state index contributed by atoms with van der Waals surface area (Å²) in [5.74, 6) is -1.30. The molecule has 178 valence electrons. The highest BCUT2D eigenvalue weighted by atomic mass is 35.5. The average Bonchev–Trinajstić information content (AvgIpc) is 3.12. The van der Waals surface area contributed by atoms with E-state index in [1.807, 2.05) is 6.07 Å². The Morgan fingerprint density at radius 1 is 1.12 bits per heavy atom. The number of hydrogen-bond acceptors (Lipinski definition) is 4. The summed E-state index contributed by atoms with van der Waals surface area (Å²) in [5.41, 5.74) is 6.72. The molecule has 2 amide bonds. The summed E-state index contributed by atoms with van der Waals surface area (Å²) in [6.45, 7) is 1.75. The summed E-state index contributed by atoms with van der Waals surface area (Å²) in [7, 11) is 0. The SMILES string of the molecule is NC(=O)c1c(NC(=O)c2ccc(C(F)(F)F)cc2)sc2c1CCN(Cc1ccc(Cl)cc1Cl)C2. The van der Waals surface area contributed by atoms with Gasteiger partial charge in [-0.25, -0.2) is 0 Å². The molecule has 2 aromatic carbocycles. The van der Waals surface area contributed by atoms with Gasteiger partial charge in [0.15, 0.2) is 0 Å². The number of nitrogens with one attached hydrogen (secondary N) is 1. The molecule has 5 nitrogen and oxygen atoms in total. The topological polar surface area (TPSA) is 75.4 Å². The van der Waals surface area contributed by atoms with Gasteiger partial charge in [-0.3, -0.25) is 14.5 Å². The minimum absolute atomic E-state index is 0.0359. The van der Waals surface area contributed by atoms with Crippen molar-refractivity contribution in [1.29, 1.82) is 0 Å². The van der Waals surface area contributed by atoms with E-state index in [-0.39, 0.29) is 16.1 Å². The standard InChI is InChI=1S/C23H18Cl2F3N3O2S/c24-15-6-3-13(17(25)9-15)10-31-8-7-16-18(11-31)34-22(19(16)20(29)32)30-21(33)12-1-4-14(5-2-12)23(26,27)28/h1-6,9H,7-8,10-11H2,(H2,29,32)(H,30,33). The van der Waals surface area contributed by atoms with E-state index in [0.29, 0.717) is 36.1 Å². The number of anilines is 1. The molecule has 34 heavy (non-hydrogen) atoms. The van der Waals surface area contributed by atoms with Gasteiger partial charge in [0.05, 0.1) is 11.1 Å². The number of primary amides is 1. The highest BCUT2D eigenvalue weighted by Crippen LogP contribution is 2.38. The summed E-state index contributed by atoms with van der Waals surface area (Å²) in [4.78, 5) is 27.9. The normalized spacial score (nSPS) is 14.0. The molecule has 0 radical (unpaired) electrons. The molecule has 0 fully saturated rings. The van der Waals surface area contributed by atoms with Gasteiger partial charge in [-0.05, 0) is 53.9 Å². The smallest absolute Gasteiger partial charge is 0.365 e. The molecular formula is C23H18Cl2F3N3O2S. The first kappa shape index (κ1) is 24.5. The third kappa shape index (κ3) is 5.22. The fraction of sp³-hybridized carbons (Fsp3) is 0.217. The van der Waals surface area contributed by atoms with E-state index in [1.165, 1.54) is 11.3 Å². The third-order valence-electron chi connectivity index (χ3n) is 5.49. The summed E-state index contributed by atoms with van der Waals surface area (Å²) in [5, 5.41) is 4.04. The fourth-order valence-corrected chi connectivity index (χ4v) is 5.58. The van der Waals surface area contributed by atoms with Gasteiger partial charge in [0, 0.05) is 40.1 Å². The molecule has 0 unspecified atom stereocenters. The van der Waals surface area contributed by atoms with Gasteiger partial charge >= 0.3 is 6.18 Å². The van der Waals surface area contributed by atoms with Crippen LogP contribution in [0.1, 0.15) is 42.3 Å². The van der Waals surface area contributed by atoms with E-state index in [4.69, 9.17) is 28.9 Å². The Morgan fingerprint density at radius 3 is 2.44 bits per heavy atom. The number of fused-ring (bicyclic) bond motifs is 1. The molecule has 2 heterocycles. The lowest BCUT2D eigenvalue weighted by molar-refractivity contribution is -0.137. The van der Waals surface area contributed by atoms with Gasteiger partial charge in [0.25, 0.3) is 11.8 Å². The highest BCUT2D eigenvalue weighted by molar-refractivity contribution is 7.17. The Hall–Kier alpha value is -2.59. The van der Waals surface area contributed by atoms with Crippen LogP contribution in [-0.2, 0) is 25.7 Å². The van der Waals surface area contributed by atoms with E-state index in [0.717, 1.165) is 40.3 Å². The van der Waals surface area contributed by atoms with Gasteiger partial charge in [0.2, 0.25) is 0 Å². The molecule has 0 spiro atoms. The van der Waals surface area contributed by atoms with Gasteiger partial charge < -0.3 is 11.1 Å². The number of nitrogens with zero attached hydrogens (tertiary/aromatic N) is 1. The number of nitrogens with two attached hydrogens (primary N) is 1. The third-order valence-corrected chi connectivity index (χ3v) is 7.21. The summed E-state index contributed by atoms with van der Waals surface area (Å²) < 4.78 is 38.3. The highest BCUT2D eigenvalue weighted by Gasteiger charge is 2.31. The first-order valence-corrected chi connectivity index (χ1v) is 11.7. The fourth-order valence-electron chi connectivity index (χ4n) is 3.82. The summed E-state index contributed by atoms with van der Waals surface area (Å²) in [6.07, 6.45) is -3.95. The largest absolute Gasteiger partial charge is 0.416 e. The predicted molar refractivity (Wildman–Crippen MR) is 127 cm³/mol. The summed E-state index contributed by atoms with van der Waals surface area (Å²) >= 11 is 13.5. The predicted octanol–water partition coefficient (Wildman–Crippen LogP) is 5.98. The molecule has 1 aliphatic heterocycles. The number of carbonyl (C=O) groups is 2. The lowest BCUT2D eigenvalue weighted by Gasteiger charge is -2.27. The number of amides is 2. The van der Waals surface area contributed by atoms with Crippen LogP contribution < -0.4 is 11.1 Å². The van der Waals surface area contributed by atoms with Crippen LogP contribution in [0.25, 0.3) is 0 Å². The Kier molecular flexibility index (Phi) is 6.91. The van der Waals surface area contributed by atoms with Crippen molar-refractivity contribution in [2.45, 2.75) is 25.7 Å². The van der Waals surface area contributed by atoms with E-state index in [9.17, 15) is 22.8 Å². The van der Waals surface area contributed by atoms with Crippen molar-refractivity contribution in [3.63, 3.8) is 0 Å². The number of alkyl halides is 3. The molecule has 0 saturated heterocycles. The zero-order chi connectivity index (χ0) is 24.6. The monoisotopic (exact) mass is 527 g/mol. The second-order valence-electron chi connectivity index (χ2n) is 7.80.